The number of amides is 2. The van der Waals surface area contributed by atoms with Gasteiger partial charge in [-0.15, -0.1) is 0 Å². The number of amidine groups is 1. The average molecular weight is 373 g/mol. The van der Waals surface area contributed by atoms with Gasteiger partial charge in [0, 0.05) is 25.8 Å². The number of nitrogens with zero attached hydrogens (tertiary/aromatic N) is 3. The summed E-state index contributed by atoms with van der Waals surface area (Å²) in [6.45, 7) is 12.3. The zero-order valence-corrected chi connectivity index (χ0v) is 17.0. The van der Waals surface area contributed by atoms with Gasteiger partial charge in [0.2, 0.25) is 5.91 Å². The molecular formula is C21H32N4O2. The molecule has 3 atom stereocenters. The maximum Gasteiger partial charge on any atom is 0.250 e. The largest absolute Gasteiger partial charge is 0.354 e. The van der Waals surface area contributed by atoms with Crippen LogP contribution < -0.4 is 5.32 Å². The summed E-state index contributed by atoms with van der Waals surface area (Å²) in [4.78, 5) is 33.4. The first-order chi connectivity index (χ1) is 12.8. The highest BCUT2D eigenvalue weighted by molar-refractivity contribution is 6.09. The van der Waals surface area contributed by atoms with Gasteiger partial charge in [0.25, 0.3) is 5.91 Å². The van der Waals surface area contributed by atoms with Crippen LogP contribution in [0.3, 0.4) is 0 Å². The number of carbonyl (C=O) groups is 2. The number of rotatable bonds is 5. The van der Waals surface area contributed by atoms with Crippen molar-refractivity contribution in [3.8, 4) is 0 Å². The van der Waals surface area contributed by atoms with Gasteiger partial charge in [0.05, 0.1) is 6.42 Å². The molecule has 0 aromatic heterocycles. The highest BCUT2D eigenvalue weighted by atomic mass is 16.2. The number of fused-ring (bicyclic) bond motifs is 1. The van der Waals surface area contributed by atoms with Crippen molar-refractivity contribution in [1.29, 1.82) is 0 Å². The van der Waals surface area contributed by atoms with Crippen LogP contribution in [0.5, 0.6) is 0 Å². The van der Waals surface area contributed by atoms with Gasteiger partial charge in [-0.25, -0.2) is 0 Å². The first-order valence-electron chi connectivity index (χ1n) is 10.1. The molecule has 0 spiro atoms. The number of likely N-dealkylation sites (tertiary alicyclic amines) is 1. The van der Waals surface area contributed by atoms with Gasteiger partial charge < -0.3 is 15.1 Å². The Balaban J connectivity index is 1.54. The van der Waals surface area contributed by atoms with Crippen LogP contribution in [-0.4, -0.2) is 59.2 Å². The minimum atomic E-state index is -0.921. The van der Waals surface area contributed by atoms with Crippen molar-refractivity contribution in [2.24, 2.45) is 16.8 Å². The smallest absolute Gasteiger partial charge is 0.250 e. The van der Waals surface area contributed by atoms with Crippen LogP contribution in [0.15, 0.2) is 28.9 Å². The third-order valence-electron chi connectivity index (χ3n) is 5.73. The molecule has 0 aliphatic carbocycles. The van der Waals surface area contributed by atoms with E-state index in [9.17, 15) is 9.59 Å². The van der Waals surface area contributed by atoms with E-state index in [1.807, 2.05) is 37.1 Å². The Labute approximate surface area is 162 Å². The molecule has 0 aromatic rings. The highest BCUT2D eigenvalue weighted by Gasteiger charge is 2.45. The fraction of sp³-hybridized carbons (Fsp3) is 0.667. The van der Waals surface area contributed by atoms with E-state index in [0.717, 1.165) is 43.5 Å². The molecule has 0 bridgehead atoms. The van der Waals surface area contributed by atoms with E-state index in [1.54, 1.807) is 0 Å². The van der Waals surface area contributed by atoms with Gasteiger partial charge >= 0.3 is 0 Å². The van der Waals surface area contributed by atoms with E-state index >= 15 is 0 Å². The minimum absolute atomic E-state index is 0.0979. The highest BCUT2D eigenvalue weighted by Crippen LogP contribution is 2.29. The Kier molecular flexibility index (Phi) is 5.84. The van der Waals surface area contributed by atoms with Crippen LogP contribution in [0, 0.1) is 11.8 Å². The number of nitrogens with one attached hydrogen (secondary N) is 1. The predicted octanol–water partition coefficient (Wildman–Crippen LogP) is 2.33. The van der Waals surface area contributed by atoms with E-state index in [-0.39, 0.29) is 18.2 Å². The monoisotopic (exact) mass is 372 g/mol. The molecular weight excluding hydrogens is 340 g/mol. The molecule has 6 heteroatoms. The molecule has 3 rings (SSSR count). The molecule has 27 heavy (non-hydrogen) atoms. The van der Waals surface area contributed by atoms with Crippen molar-refractivity contribution in [3.05, 3.63) is 23.9 Å². The van der Waals surface area contributed by atoms with E-state index in [1.165, 1.54) is 6.42 Å². The molecule has 6 nitrogen and oxygen atoms in total. The van der Waals surface area contributed by atoms with E-state index in [0.29, 0.717) is 12.4 Å². The SMILES string of the molecule is CC1=CC2=NC(=O)C[C@](C)(C(=O)NCCCN3C[C@@H](C)C[C@H](C)C3)N2C=C1. The Bertz CT molecular complexity index is 686. The van der Waals surface area contributed by atoms with Gasteiger partial charge in [-0.05, 0) is 62.8 Å². The second kappa shape index (κ2) is 7.97. The van der Waals surface area contributed by atoms with Gasteiger partial charge in [0.1, 0.15) is 11.4 Å². The van der Waals surface area contributed by atoms with E-state index in [4.69, 9.17) is 0 Å². The van der Waals surface area contributed by atoms with Crippen molar-refractivity contribution >= 4 is 17.6 Å². The third kappa shape index (κ3) is 4.49. The molecule has 0 saturated carbocycles. The van der Waals surface area contributed by atoms with Crippen LogP contribution in [-0.2, 0) is 9.59 Å². The van der Waals surface area contributed by atoms with Crippen LogP contribution in [0.1, 0.15) is 47.0 Å². The van der Waals surface area contributed by atoms with Crippen molar-refractivity contribution in [1.82, 2.24) is 15.1 Å². The Hall–Kier alpha value is -1.95. The first-order valence-corrected chi connectivity index (χ1v) is 10.1. The molecule has 1 fully saturated rings. The first kappa shape index (κ1) is 19.8. The van der Waals surface area contributed by atoms with E-state index < -0.39 is 5.54 Å². The molecule has 3 aliphatic heterocycles. The average Bonchev–Trinajstić information content (AvgIpc) is 2.57. The molecule has 1 saturated heterocycles. The van der Waals surface area contributed by atoms with Crippen LogP contribution >= 0.6 is 0 Å². The summed E-state index contributed by atoms with van der Waals surface area (Å²) in [5.41, 5.74) is 0.100. The van der Waals surface area contributed by atoms with Crippen LogP contribution in [0.25, 0.3) is 0 Å². The number of piperidine rings is 1. The van der Waals surface area contributed by atoms with Gasteiger partial charge in [-0.2, -0.15) is 4.99 Å². The second-order valence-corrected chi connectivity index (χ2v) is 8.70. The zero-order chi connectivity index (χ0) is 19.6. The predicted molar refractivity (Wildman–Crippen MR) is 107 cm³/mol. The summed E-state index contributed by atoms with van der Waals surface area (Å²) in [7, 11) is 0. The minimum Gasteiger partial charge on any atom is -0.354 e. The molecule has 148 valence electrons. The lowest BCUT2D eigenvalue weighted by atomic mass is 9.90. The lowest BCUT2D eigenvalue weighted by molar-refractivity contribution is -0.134. The Morgan fingerprint density at radius 1 is 1.33 bits per heavy atom. The number of hydrogen-bond acceptors (Lipinski definition) is 4. The molecule has 2 amide bonds. The summed E-state index contributed by atoms with van der Waals surface area (Å²) >= 11 is 0. The van der Waals surface area contributed by atoms with Crippen molar-refractivity contribution in [2.45, 2.75) is 52.5 Å². The number of carbonyl (C=O) groups excluding carboxylic acids is 2. The van der Waals surface area contributed by atoms with Gasteiger partial charge in [0.15, 0.2) is 0 Å². The quantitative estimate of drug-likeness (QED) is 0.753. The zero-order valence-electron chi connectivity index (χ0n) is 17.0. The van der Waals surface area contributed by atoms with Crippen molar-refractivity contribution < 1.29 is 9.59 Å². The van der Waals surface area contributed by atoms with Crippen molar-refractivity contribution in [2.75, 3.05) is 26.2 Å². The lowest BCUT2D eigenvalue weighted by Gasteiger charge is -2.42. The van der Waals surface area contributed by atoms with Crippen LogP contribution in [0.2, 0.25) is 0 Å². The number of allylic oxidation sites excluding steroid dienone is 2. The fourth-order valence-electron chi connectivity index (χ4n) is 4.50. The molecule has 0 aromatic carbocycles. The summed E-state index contributed by atoms with van der Waals surface area (Å²) < 4.78 is 0. The Morgan fingerprint density at radius 2 is 2.04 bits per heavy atom. The fourth-order valence-corrected chi connectivity index (χ4v) is 4.50. The summed E-state index contributed by atoms with van der Waals surface area (Å²) in [6, 6.07) is 0. The lowest BCUT2D eigenvalue weighted by Crippen LogP contribution is -2.60. The normalized spacial score (nSPS) is 31.3. The van der Waals surface area contributed by atoms with Gasteiger partial charge in [-0.3, -0.25) is 9.59 Å². The van der Waals surface area contributed by atoms with E-state index in [2.05, 4.69) is 29.1 Å². The summed E-state index contributed by atoms with van der Waals surface area (Å²) in [5, 5.41) is 3.05. The standard InChI is InChI=1S/C21H32N4O2/c1-15-6-9-25-18(11-15)23-19(26)12-21(25,4)20(27)22-7-5-8-24-13-16(2)10-17(3)14-24/h6,9,11,16-17H,5,7-8,10,12-14H2,1-4H3,(H,22,27)/t16-,17-,21+/m0/s1. The third-order valence-corrected chi connectivity index (χ3v) is 5.73. The molecule has 0 radical (unpaired) electrons. The molecule has 0 unspecified atom stereocenters. The maximum absolute atomic E-state index is 12.9. The van der Waals surface area contributed by atoms with Gasteiger partial charge in [-0.1, -0.05) is 13.8 Å². The Morgan fingerprint density at radius 3 is 2.74 bits per heavy atom. The second-order valence-electron chi connectivity index (χ2n) is 8.70. The topological polar surface area (TPSA) is 65.0 Å². The number of hydrogen-bond donors (Lipinski definition) is 1. The summed E-state index contributed by atoms with van der Waals surface area (Å²) in [5.74, 6) is 1.70. The molecule has 3 aliphatic rings. The number of aliphatic imine (C=N–C) groups is 1. The maximum atomic E-state index is 12.9. The molecule has 3 heterocycles. The van der Waals surface area contributed by atoms with Crippen LogP contribution in [0.4, 0.5) is 0 Å². The molecule has 1 N–H and O–H groups in total. The summed E-state index contributed by atoms with van der Waals surface area (Å²) in [6.07, 6.45) is 7.98. The van der Waals surface area contributed by atoms with Crippen molar-refractivity contribution in [3.63, 3.8) is 0 Å².